The number of methoxy groups -OCH3 is 1. The molecule has 0 atom stereocenters. The first-order chi connectivity index (χ1) is 11.1. The van der Waals surface area contributed by atoms with Gasteiger partial charge in [-0.3, -0.25) is 4.68 Å². The average molecular weight is 313 g/mol. The van der Waals surface area contributed by atoms with E-state index in [0.717, 1.165) is 25.2 Å². The Bertz CT molecular complexity index is 721. The van der Waals surface area contributed by atoms with Crippen molar-refractivity contribution in [3.05, 3.63) is 52.3 Å². The standard InChI is InChI=1S/C18H23N3O2/c1-4-17-16(18(22)23-3)12-21(19-17)10-13-5-6-14-7-8-20(2)11-15(14)9-13/h5-6,9,12H,4,7-8,10-11H2,1-3H3. The van der Waals surface area contributed by atoms with Crippen LogP contribution in [0.3, 0.4) is 0 Å². The molecule has 0 radical (unpaired) electrons. The molecule has 1 aromatic carbocycles. The third-order valence-electron chi connectivity index (χ3n) is 4.40. The van der Waals surface area contributed by atoms with Crippen LogP contribution >= 0.6 is 0 Å². The molecule has 2 heterocycles. The lowest BCUT2D eigenvalue weighted by Gasteiger charge is -2.25. The van der Waals surface area contributed by atoms with Gasteiger partial charge in [0.25, 0.3) is 0 Å². The number of hydrogen-bond donors (Lipinski definition) is 0. The van der Waals surface area contributed by atoms with E-state index in [2.05, 4.69) is 35.2 Å². The number of rotatable bonds is 4. The van der Waals surface area contributed by atoms with Crippen LogP contribution in [0, 0.1) is 0 Å². The van der Waals surface area contributed by atoms with Gasteiger partial charge in [0.05, 0.1) is 19.3 Å². The summed E-state index contributed by atoms with van der Waals surface area (Å²) >= 11 is 0. The molecule has 0 aliphatic carbocycles. The van der Waals surface area contributed by atoms with E-state index in [1.54, 1.807) is 6.20 Å². The van der Waals surface area contributed by atoms with Crippen molar-refractivity contribution in [3.8, 4) is 0 Å². The molecule has 0 fully saturated rings. The van der Waals surface area contributed by atoms with Crippen molar-refractivity contribution in [1.82, 2.24) is 14.7 Å². The molecule has 1 aromatic heterocycles. The summed E-state index contributed by atoms with van der Waals surface area (Å²) in [6.45, 7) is 4.78. The van der Waals surface area contributed by atoms with Crippen LogP contribution in [0.2, 0.25) is 0 Å². The molecule has 3 rings (SSSR count). The van der Waals surface area contributed by atoms with Gasteiger partial charge in [0.15, 0.2) is 0 Å². The highest BCUT2D eigenvalue weighted by atomic mass is 16.5. The van der Waals surface area contributed by atoms with Crippen LogP contribution in [0.1, 0.15) is 39.7 Å². The molecule has 0 amide bonds. The number of carbonyl (C=O) groups is 1. The number of likely N-dealkylation sites (N-methyl/N-ethyl adjacent to an activating group) is 1. The second-order valence-corrected chi connectivity index (χ2v) is 6.12. The third-order valence-corrected chi connectivity index (χ3v) is 4.40. The van der Waals surface area contributed by atoms with E-state index in [1.807, 2.05) is 11.6 Å². The van der Waals surface area contributed by atoms with Crippen LogP contribution in [0.15, 0.2) is 24.4 Å². The molecule has 1 aliphatic heterocycles. The van der Waals surface area contributed by atoms with E-state index in [0.29, 0.717) is 18.5 Å². The monoisotopic (exact) mass is 313 g/mol. The minimum atomic E-state index is -0.319. The molecule has 0 saturated carbocycles. The number of esters is 1. The zero-order valence-corrected chi connectivity index (χ0v) is 14.0. The summed E-state index contributed by atoms with van der Waals surface area (Å²) in [7, 11) is 3.55. The summed E-state index contributed by atoms with van der Waals surface area (Å²) in [5.74, 6) is -0.319. The second-order valence-electron chi connectivity index (χ2n) is 6.12. The Labute approximate surface area is 136 Å². The Morgan fingerprint density at radius 2 is 2.17 bits per heavy atom. The van der Waals surface area contributed by atoms with E-state index >= 15 is 0 Å². The van der Waals surface area contributed by atoms with Crippen molar-refractivity contribution < 1.29 is 9.53 Å². The summed E-state index contributed by atoms with van der Waals surface area (Å²) in [4.78, 5) is 14.1. The van der Waals surface area contributed by atoms with Gasteiger partial charge < -0.3 is 9.64 Å². The maximum atomic E-state index is 11.8. The molecule has 0 saturated heterocycles. The smallest absolute Gasteiger partial charge is 0.341 e. The van der Waals surface area contributed by atoms with Gasteiger partial charge in [-0.2, -0.15) is 5.10 Å². The predicted molar refractivity (Wildman–Crippen MR) is 88.5 cm³/mol. The normalized spacial score (nSPS) is 14.6. The highest BCUT2D eigenvalue weighted by Crippen LogP contribution is 2.20. The zero-order valence-electron chi connectivity index (χ0n) is 14.0. The van der Waals surface area contributed by atoms with Gasteiger partial charge in [0, 0.05) is 19.3 Å². The van der Waals surface area contributed by atoms with Crippen LogP contribution in [0.4, 0.5) is 0 Å². The molecular weight excluding hydrogens is 290 g/mol. The van der Waals surface area contributed by atoms with E-state index in [-0.39, 0.29) is 5.97 Å². The Morgan fingerprint density at radius 1 is 1.35 bits per heavy atom. The van der Waals surface area contributed by atoms with Crippen LogP contribution < -0.4 is 0 Å². The van der Waals surface area contributed by atoms with E-state index < -0.39 is 0 Å². The topological polar surface area (TPSA) is 47.4 Å². The lowest BCUT2D eigenvalue weighted by atomic mass is 9.98. The second kappa shape index (κ2) is 6.54. The maximum absolute atomic E-state index is 11.8. The molecule has 0 spiro atoms. The number of hydrogen-bond acceptors (Lipinski definition) is 4. The molecule has 23 heavy (non-hydrogen) atoms. The maximum Gasteiger partial charge on any atom is 0.341 e. The zero-order chi connectivity index (χ0) is 16.4. The van der Waals surface area contributed by atoms with Crippen molar-refractivity contribution in [2.75, 3.05) is 20.7 Å². The SMILES string of the molecule is CCc1nn(Cc2ccc3c(c2)CN(C)CC3)cc1C(=O)OC. The van der Waals surface area contributed by atoms with Gasteiger partial charge >= 0.3 is 5.97 Å². The van der Waals surface area contributed by atoms with Gasteiger partial charge in [0.1, 0.15) is 5.56 Å². The average Bonchev–Trinajstić information content (AvgIpc) is 2.96. The molecule has 1 aliphatic rings. The molecule has 122 valence electrons. The lowest BCUT2D eigenvalue weighted by Crippen LogP contribution is -2.26. The summed E-state index contributed by atoms with van der Waals surface area (Å²) in [5, 5.41) is 4.53. The summed E-state index contributed by atoms with van der Waals surface area (Å²) < 4.78 is 6.66. The third kappa shape index (κ3) is 3.29. The number of ether oxygens (including phenoxy) is 1. The summed E-state index contributed by atoms with van der Waals surface area (Å²) in [6.07, 6.45) is 3.61. The van der Waals surface area contributed by atoms with Crippen LogP contribution in [-0.2, 0) is 30.7 Å². The Hall–Kier alpha value is -2.14. The van der Waals surface area contributed by atoms with Gasteiger partial charge in [-0.05, 0) is 36.6 Å². The van der Waals surface area contributed by atoms with Crippen molar-refractivity contribution in [3.63, 3.8) is 0 Å². The first kappa shape index (κ1) is 15.7. The van der Waals surface area contributed by atoms with Gasteiger partial charge in [-0.25, -0.2) is 4.79 Å². The molecule has 5 nitrogen and oxygen atoms in total. The van der Waals surface area contributed by atoms with Crippen molar-refractivity contribution >= 4 is 5.97 Å². The fourth-order valence-corrected chi connectivity index (χ4v) is 3.12. The fraction of sp³-hybridized carbons (Fsp3) is 0.444. The van der Waals surface area contributed by atoms with Crippen molar-refractivity contribution in [2.45, 2.75) is 32.9 Å². The Kier molecular flexibility index (Phi) is 4.48. The number of aromatic nitrogens is 2. The minimum Gasteiger partial charge on any atom is -0.465 e. The lowest BCUT2D eigenvalue weighted by molar-refractivity contribution is 0.0599. The minimum absolute atomic E-state index is 0.319. The molecule has 2 aromatic rings. The Balaban J connectivity index is 1.83. The largest absolute Gasteiger partial charge is 0.465 e. The number of fused-ring (bicyclic) bond motifs is 1. The number of carbonyl (C=O) groups excluding carboxylic acids is 1. The summed E-state index contributed by atoms with van der Waals surface area (Å²) in [6, 6.07) is 6.65. The molecule has 5 heteroatoms. The van der Waals surface area contributed by atoms with Gasteiger partial charge in [0.2, 0.25) is 0 Å². The molecule has 0 bridgehead atoms. The highest BCUT2D eigenvalue weighted by Gasteiger charge is 2.17. The van der Waals surface area contributed by atoms with Crippen molar-refractivity contribution in [2.24, 2.45) is 0 Å². The molecule has 0 N–H and O–H groups in total. The number of aryl methyl sites for hydroxylation is 1. The van der Waals surface area contributed by atoms with Crippen LogP contribution in [0.25, 0.3) is 0 Å². The van der Waals surface area contributed by atoms with Crippen LogP contribution in [0.5, 0.6) is 0 Å². The highest BCUT2D eigenvalue weighted by molar-refractivity contribution is 5.90. The number of nitrogens with zero attached hydrogens (tertiary/aromatic N) is 3. The predicted octanol–water partition coefficient (Wildman–Crippen LogP) is 2.27. The Morgan fingerprint density at radius 3 is 2.91 bits per heavy atom. The van der Waals surface area contributed by atoms with E-state index in [4.69, 9.17) is 4.74 Å². The first-order valence-electron chi connectivity index (χ1n) is 8.04. The quantitative estimate of drug-likeness (QED) is 0.813. The molecular formula is C18H23N3O2. The van der Waals surface area contributed by atoms with E-state index in [9.17, 15) is 4.79 Å². The molecule has 0 unspecified atom stereocenters. The summed E-state index contributed by atoms with van der Waals surface area (Å²) in [5.41, 5.74) is 5.40. The fourth-order valence-electron chi connectivity index (χ4n) is 3.12. The first-order valence-corrected chi connectivity index (χ1v) is 8.04. The van der Waals surface area contributed by atoms with Crippen LogP contribution in [-0.4, -0.2) is 41.4 Å². The number of benzene rings is 1. The van der Waals surface area contributed by atoms with Gasteiger partial charge in [-0.1, -0.05) is 25.1 Å². The van der Waals surface area contributed by atoms with Crippen molar-refractivity contribution in [1.29, 1.82) is 0 Å². The van der Waals surface area contributed by atoms with E-state index in [1.165, 1.54) is 23.8 Å². The van der Waals surface area contributed by atoms with Gasteiger partial charge in [-0.15, -0.1) is 0 Å².